The molecule has 0 spiro atoms. The fourth-order valence-corrected chi connectivity index (χ4v) is 3.79. The zero-order valence-electron chi connectivity index (χ0n) is 18.5. The number of amides is 1. The first kappa shape index (κ1) is 23.5. The Labute approximate surface area is 193 Å². The highest BCUT2D eigenvalue weighted by molar-refractivity contribution is 5.95. The number of carboxylic acid groups (broad SMARTS) is 1. The van der Waals surface area contributed by atoms with Gasteiger partial charge in [0.05, 0.1) is 30.6 Å². The number of nitrogens with one attached hydrogen (secondary N) is 2. The zero-order valence-corrected chi connectivity index (χ0v) is 18.5. The third-order valence-electron chi connectivity index (χ3n) is 5.51. The molecule has 2 aromatic heterocycles. The molecule has 3 N–H and O–H groups in total. The number of benzene rings is 1. The Kier molecular flexibility index (Phi) is 6.42. The maximum Gasteiger partial charge on any atom is 0.433 e. The molecule has 0 bridgehead atoms. The SMILES string of the molecule is Cc1nnc(N[C@H](C)c2cc(NC(=O)O)cc(C(F)(F)F)n2)c2cc(N3CCOCC3)ccc12. The van der Waals surface area contributed by atoms with Crippen molar-refractivity contribution in [1.82, 2.24) is 15.2 Å². The van der Waals surface area contributed by atoms with E-state index in [1.54, 1.807) is 6.92 Å². The molecule has 1 aliphatic rings. The molecule has 1 aliphatic heterocycles. The van der Waals surface area contributed by atoms with Crippen LogP contribution in [0.1, 0.15) is 30.0 Å². The molecule has 0 unspecified atom stereocenters. The van der Waals surface area contributed by atoms with Crippen LogP contribution in [0.25, 0.3) is 10.8 Å². The molecule has 34 heavy (non-hydrogen) atoms. The van der Waals surface area contributed by atoms with Crippen molar-refractivity contribution >= 4 is 34.1 Å². The van der Waals surface area contributed by atoms with Gasteiger partial charge in [-0.2, -0.15) is 18.3 Å². The molecule has 1 atom stereocenters. The van der Waals surface area contributed by atoms with Crippen molar-refractivity contribution in [3.8, 4) is 0 Å². The summed E-state index contributed by atoms with van der Waals surface area (Å²) in [6, 6.07) is 7.08. The Bertz CT molecular complexity index is 1210. The van der Waals surface area contributed by atoms with Gasteiger partial charge in [-0.05, 0) is 38.1 Å². The van der Waals surface area contributed by atoms with Gasteiger partial charge in [-0.15, -0.1) is 5.10 Å². The molecule has 1 saturated heterocycles. The van der Waals surface area contributed by atoms with E-state index in [1.807, 2.05) is 30.4 Å². The summed E-state index contributed by atoms with van der Waals surface area (Å²) in [6.07, 6.45) is -6.22. The molecule has 1 amide bonds. The number of carbonyl (C=O) groups is 1. The number of aromatic nitrogens is 3. The van der Waals surface area contributed by atoms with E-state index in [1.165, 1.54) is 6.07 Å². The molecule has 3 aromatic rings. The number of aryl methyl sites for hydroxylation is 1. The number of rotatable bonds is 5. The Balaban J connectivity index is 1.70. The lowest BCUT2D eigenvalue weighted by Gasteiger charge is -2.29. The Hall–Kier alpha value is -3.67. The van der Waals surface area contributed by atoms with Crippen LogP contribution in [0.5, 0.6) is 0 Å². The van der Waals surface area contributed by atoms with Crippen LogP contribution in [0.2, 0.25) is 0 Å². The number of pyridine rings is 1. The van der Waals surface area contributed by atoms with Gasteiger partial charge in [0.1, 0.15) is 5.69 Å². The van der Waals surface area contributed by atoms with Crippen LogP contribution in [0.4, 0.5) is 35.2 Å². The normalized spacial score (nSPS) is 15.3. The van der Waals surface area contributed by atoms with Gasteiger partial charge in [-0.1, -0.05) is 6.07 Å². The molecule has 4 rings (SSSR count). The monoisotopic (exact) mass is 476 g/mol. The Morgan fingerprint density at radius 2 is 1.88 bits per heavy atom. The fraction of sp³-hybridized carbons (Fsp3) is 0.364. The van der Waals surface area contributed by atoms with E-state index in [4.69, 9.17) is 9.84 Å². The van der Waals surface area contributed by atoms with Crippen LogP contribution >= 0.6 is 0 Å². The van der Waals surface area contributed by atoms with Crippen molar-refractivity contribution in [1.29, 1.82) is 0 Å². The van der Waals surface area contributed by atoms with Gasteiger partial charge >= 0.3 is 12.3 Å². The minimum atomic E-state index is -4.74. The topological polar surface area (TPSA) is 112 Å². The van der Waals surface area contributed by atoms with Gasteiger partial charge in [0, 0.05) is 35.2 Å². The molecule has 9 nitrogen and oxygen atoms in total. The number of anilines is 3. The average Bonchev–Trinajstić information content (AvgIpc) is 2.80. The van der Waals surface area contributed by atoms with Crippen LogP contribution in [0, 0.1) is 6.92 Å². The molecule has 1 aromatic carbocycles. The molecule has 0 radical (unpaired) electrons. The Morgan fingerprint density at radius 3 is 2.56 bits per heavy atom. The van der Waals surface area contributed by atoms with Crippen LogP contribution in [-0.2, 0) is 10.9 Å². The summed E-state index contributed by atoms with van der Waals surface area (Å²) in [7, 11) is 0. The number of hydrogen-bond donors (Lipinski definition) is 3. The highest BCUT2D eigenvalue weighted by atomic mass is 19.4. The molecule has 12 heteroatoms. The van der Waals surface area contributed by atoms with E-state index in [0.717, 1.165) is 29.5 Å². The summed E-state index contributed by atoms with van der Waals surface area (Å²) in [5, 5.41) is 24.0. The van der Waals surface area contributed by atoms with Crippen molar-refractivity contribution in [2.75, 3.05) is 41.8 Å². The lowest BCUT2D eigenvalue weighted by atomic mass is 10.1. The predicted octanol–water partition coefficient (Wildman–Crippen LogP) is 4.45. The lowest BCUT2D eigenvalue weighted by molar-refractivity contribution is -0.141. The van der Waals surface area contributed by atoms with Crippen molar-refractivity contribution in [3.05, 3.63) is 47.4 Å². The first-order chi connectivity index (χ1) is 16.1. The quantitative estimate of drug-likeness (QED) is 0.495. The van der Waals surface area contributed by atoms with Crippen LogP contribution in [0.3, 0.4) is 0 Å². The molecule has 3 heterocycles. The highest BCUT2D eigenvalue weighted by Crippen LogP contribution is 2.33. The molecule has 0 aliphatic carbocycles. The second-order valence-corrected chi connectivity index (χ2v) is 7.92. The summed E-state index contributed by atoms with van der Waals surface area (Å²) >= 11 is 0. The number of hydrogen-bond acceptors (Lipinski definition) is 7. The molecule has 1 fully saturated rings. The first-order valence-corrected chi connectivity index (χ1v) is 10.6. The van der Waals surface area contributed by atoms with Gasteiger partial charge in [0.15, 0.2) is 5.82 Å². The number of nitrogens with zero attached hydrogens (tertiary/aromatic N) is 4. The molecular formula is C22H23F3N6O3. The van der Waals surface area contributed by atoms with Gasteiger partial charge in [-0.3, -0.25) is 5.32 Å². The predicted molar refractivity (Wildman–Crippen MR) is 120 cm³/mol. The van der Waals surface area contributed by atoms with E-state index < -0.39 is 24.0 Å². The van der Waals surface area contributed by atoms with Crippen LogP contribution < -0.4 is 15.5 Å². The van der Waals surface area contributed by atoms with E-state index in [0.29, 0.717) is 30.8 Å². The number of alkyl halides is 3. The second kappa shape index (κ2) is 9.29. The van der Waals surface area contributed by atoms with Crippen molar-refractivity contribution < 1.29 is 27.8 Å². The number of morpholine rings is 1. The summed E-state index contributed by atoms with van der Waals surface area (Å²) in [4.78, 5) is 16.9. The largest absolute Gasteiger partial charge is 0.465 e. The number of ether oxygens (including phenoxy) is 1. The second-order valence-electron chi connectivity index (χ2n) is 7.92. The maximum absolute atomic E-state index is 13.4. The molecular weight excluding hydrogens is 453 g/mol. The van der Waals surface area contributed by atoms with Gasteiger partial charge in [-0.25, -0.2) is 9.78 Å². The van der Waals surface area contributed by atoms with Crippen molar-refractivity contribution in [2.24, 2.45) is 0 Å². The molecule has 180 valence electrons. The third-order valence-corrected chi connectivity index (χ3v) is 5.51. The average molecular weight is 476 g/mol. The van der Waals surface area contributed by atoms with E-state index in [9.17, 15) is 18.0 Å². The summed E-state index contributed by atoms with van der Waals surface area (Å²) in [5.74, 6) is 0.384. The van der Waals surface area contributed by atoms with Gasteiger partial charge in [0.2, 0.25) is 0 Å². The van der Waals surface area contributed by atoms with Gasteiger partial charge < -0.3 is 20.1 Å². The third kappa shape index (κ3) is 5.11. The Morgan fingerprint density at radius 1 is 1.15 bits per heavy atom. The maximum atomic E-state index is 13.4. The van der Waals surface area contributed by atoms with Gasteiger partial charge in [0.25, 0.3) is 0 Å². The van der Waals surface area contributed by atoms with E-state index in [-0.39, 0.29) is 11.4 Å². The fourth-order valence-electron chi connectivity index (χ4n) is 3.79. The van der Waals surface area contributed by atoms with Crippen LogP contribution in [0.15, 0.2) is 30.3 Å². The smallest absolute Gasteiger partial charge is 0.433 e. The first-order valence-electron chi connectivity index (χ1n) is 10.6. The summed E-state index contributed by atoms with van der Waals surface area (Å²) < 4.78 is 45.5. The number of halogens is 3. The lowest BCUT2D eigenvalue weighted by Crippen LogP contribution is -2.36. The molecule has 0 saturated carbocycles. The standard InChI is InChI=1S/C22H23F3N6O3/c1-12-16-4-3-15(31-5-7-34-8-6-31)11-17(16)20(30-29-12)26-13(2)18-9-14(27-21(32)33)10-19(28-18)22(23,24)25/h3-4,9-11,13H,5-8H2,1-2H3,(H,26,30)(H,27,28)(H,32,33)/t13-/m1/s1. The minimum Gasteiger partial charge on any atom is -0.465 e. The van der Waals surface area contributed by atoms with Crippen LogP contribution in [-0.4, -0.2) is 52.7 Å². The van der Waals surface area contributed by atoms with Crippen molar-refractivity contribution in [3.63, 3.8) is 0 Å². The van der Waals surface area contributed by atoms with E-state index in [2.05, 4.69) is 25.4 Å². The highest BCUT2D eigenvalue weighted by Gasteiger charge is 2.34. The van der Waals surface area contributed by atoms with E-state index >= 15 is 0 Å². The zero-order chi connectivity index (χ0) is 24.5. The summed E-state index contributed by atoms with van der Waals surface area (Å²) in [6.45, 7) is 6.19. The minimum absolute atomic E-state index is 0.00145. The van der Waals surface area contributed by atoms with Crippen molar-refractivity contribution in [2.45, 2.75) is 26.1 Å². The summed E-state index contributed by atoms with van der Waals surface area (Å²) in [5.41, 5.74) is 0.263. The number of fused-ring (bicyclic) bond motifs is 1.